The monoisotopic (exact) mass is 279 g/mol. The molecule has 1 atom stereocenters. The van der Waals surface area contributed by atoms with E-state index in [1.807, 2.05) is 0 Å². The standard InChI is InChI=1S/C11H15Cl2NO3/c12-9-2-1-3-10(13)11(9)17-7-8(16)6-14-4-5-15/h1-3,8,14-16H,4-7H2. The summed E-state index contributed by atoms with van der Waals surface area (Å²) in [6.07, 6.45) is -0.686. The summed E-state index contributed by atoms with van der Waals surface area (Å²) in [5, 5.41) is 21.8. The number of aliphatic hydroxyl groups excluding tert-OH is 2. The van der Waals surface area contributed by atoms with E-state index in [0.29, 0.717) is 28.9 Å². The Balaban J connectivity index is 2.39. The predicted molar refractivity (Wildman–Crippen MR) is 67.9 cm³/mol. The molecule has 0 saturated heterocycles. The lowest BCUT2D eigenvalue weighted by Crippen LogP contribution is -2.32. The number of nitrogens with one attached hydrogen (secondary N) is 1. The maximum Gasteiger partial charge on any atom is 0.156 e. The first-order valence-corrected chi connectivity index (χ1v) is 5.97. The minimum absolute atomic E-state index is 0.0317. The third-order valence-corrected chi connectivity index (χ3v) is 2.60. The lowest BCUT2D eigenvalue weighted by molar-refractivity contribution is 0.105. The number of para-hydroxylation sites is 1. The molecule has 1 aromatic rings. The summed E-state index contributed by atoms with van der Waals surface area (Å²) in [4.78, 5) is 0. The molecule has 1 unspecified atom stereocenters. The van der Waals surface area contributed by atoms with Crippen LogP contribution in [0.2, 0.25) is 10.0 Å². The molecule has 0 aliphatic rings. The molecular formula is C11H15Cl2NO3. The first-order valence-electron chi connectivity index (χ1n) is 5.21. The molecule has 4 nitrogen and oxygen atoms in total. The molecule has 0 bridgehead atoms. The number of hydrogen-bond donors (Lipinski definition) is 3. The Kier molecular flexibility index (Phi) is 6.62. The van der Waals surface area contributed by atoms with E-state index >= 15 is 0 Å². The number of aliphatic hydroxyl groups is 2. The van der Waals surface area contributed by atoms with Crippen LogP contribution in [0.15, 0.2) is 18.2 Å². The third-order valence-electron chi connectivity index (χ3n) is 2.01. The highest BCUT2D eigenvalue weighted by atomic mass is 35.5. The number of ether oxygens (including phenoxy) is 1. The molecule has 1 rings (SSSR count). The average Bonchev–Trinajstić information content (AvgIpc) is 2.29. The van der Waals surface area contributed by atoms with E-state index in [1.54, 1.807) is 18.2 Å². The summed E-state index contributed by atoms with van der Waals surface area (Å²) < 4.78 is 5.34. The second-order valence-electron chi connectivity index (χ2n) is 3.44. The van der Waals surface area contributed by atoms with Crippen LogP contribution in [0.1, 0.15) is 0 Å². The molecule has 17 heavy (non-hydrogen) atoms. The summed E-state index contributed by atoms with van der Waals surface area (Å²) in [5.41, 5.74) is 0. The van der Waals surface area contributed by atoms with Crippen molar-refractivity contribution in [3.8, 4) is 5.75 Å². The van der Waals surface area contributed by atoms with Crippen molar-refractivity contribution in [2.75, 3.05) is 26.3 Å². The van der Waals surface area contributed by atoms with E-state index in [0.717, 1.165) is 0 Å². The third kappa shape index (κ3) is 5.10. The molecule has 0 spiro atoms. The van der Waals surface area contributed by atoms with Crippen LogP contribution in [0.4, 0.5) is 0 Å². The SMILES string of the molecule is OCCNCC(O)COc1c(Cl)cccc1Cl. The highest BCUT2D eigenvalue weighted by molar-refractivity contribution is 6.37. The molecule has 0 saturated carbocycles. The van der Waals surface area contributed by atoms with Crippen molar-refractivity contribution in [1.82, 2.24) is 5.32 Å². The van der Waals surface area contributed by atoms with Gasteiger partial charge in [0.2, 0.25) is 0 Å². The highest BCUT2D eigenvalue weighted by Gasteiger charge is 2.09. The Hall–Kier alpha value is -0.520. The molecule has 96 valence electrons. The average molecular weight is 280 g/mol. The van der Waals surface area contributed by atoms with Gasteiger partial charge in [0.15, 0.2) is 5.75 Å². The van der Waals surface area contributed by atoms with Crippen molar-refractivity contribution in [3.05, 3.63) is 28.2 Å². The Morgan fingerprint density at radius 1 is 1.29 bits per heavy atom. The van der Waals surface area contributed by atoms with Crippen LogP contribution in [-0.2, 0) is 0 Å². The second kappa shape index (κ2) is 7.74. The highest BCUT2D eigenvalue weighted by Crippen LogP contribution is 2.32. The van der Waals surface area contributed by atoms with Crippen LogP contribution in [0, 0.1) is 0 Å². The van der Waals surface area contributed by atoms with Crippen molar-refractivity contribution in [2.45, 2.75) is 6.10 Å². The molecule has 1 aromatic carbocycles. The predicted octanol–water partition coefficient (Wildman–Crippen LogP) is 1.31. The summed E-state index contributed by atoms with van der Waals surface area (Å²) in [6.45, 7) is 0.887. The van der Waals surface area contributed by atoms with Crippen LogP contribution in [0.25, 0.3) is 0 Å². The van der Waals surface area contributed by atoms with Crippen LogP contribution >= 0.6 is 23.2 Å². The molecule has 0 aliphatic carbocycles. The lowest BCUT2D eigenvalue weighted by atomic mass is 10.3. The summed E-state index contributed by atoms with van der Waals surface area (Å²) in [6, 6.07) is 5.05. The summed E-state index contributed by atoms with van der Waals surface area (Å²) in [7, 11) is 0. The maximum atomic E-state index is 9.56. The topological polar surface area (TPSA) is 61.7 Å². The zero-order valence-electron chi connectivity index (χ0n) is 9.20. The van der Waals surface area contributed by atoms with E-state index in [2.05, 4.69) is 5.32 Å². The largest absolute Gasteiger partial charge is 0.488 e. The van der Waals surface area contributed by atoms with Gasteiger partial charge in [-0.1, -0.05) is 29.3 Å². The van der Waals surface area contributed by atoms with Crippen LogP contribution in [0.3, 0.4) is 0 Å². The Labute approximate surface area is 110 Å². The van der Waals surface area contributed by atoms with Gasteiger partial charge < -0.3 is 20.3 Å². The van der Waals surface area contributed by atoms with Gasteiger partial charge in [0, 0.05) is 13.1 Å². The van der Waals surface area contributed by atoms with Crippen molar-refractivity contribution in [1.29, 1.82) is 0 Å². The van der Waals surface area contributed by atoms with E-state index in [-0.39, 0.29) is 13.2 Å². The van der Waals surface area contributed by atoms with E-state index in [1.165, 1.54) is 0 Å². The van der Waals surface area contributed by atoms with Crippen molar-refractivity contribution in [3.63, 3.8) is 0 Å². The Morgan fingerprint density at radius 2 is 1.94 bits per heavy atom. The van der Waals surface area contributed by atoms with E-state index < -0.39 is 6.10 Å². The fourth-order valence-electron chi connectivity index (χ4n) is 1.21. The zero-order valence-corrected chi connectivity index (χ0v) is 10.7. The number of hydrogen-bond acceptors (Lipinski definition) is 4. The van der Waals surface area contributed by atoms with Crippen molar-refractivity contribution >= 4 is 23.2 Å². The van der Waals surface area contributed by atoms with Crippen LogP contribution in [-0.4, -0.2) is 42.6 Å². The second-order valence-corrected chi connectivity index (χ2v) is 4.26. The van der Waals surface area contributed by atoms with Crippen LogP contribution < -0.4 is 10.1 Å². The summed E-state index contributed by atoms with van der Waals surface area (Å²) in [5.74, 6) is 0.372. The normalized spacial score (nSPS) is 12.5. The van der Waals surface area contributed by atoms with Crippen molar-refractivity contribution in [2.24, 2.45) is 0 Å². The smallest absolute Gasteiger partial charge is 0.156 e. The van der Waals surface area contributed by atoms with E-state index in [9.17, 15) is 5.11 Å². The first-order chi connectivity index (χ1) is 8.15. The first kappa shape index (κ1) is 14.5. The van der Waals surface area contributed by atoms with Crippen LogP contribution in [0.5, 0.6) is 5.75 Å². The quantitative estimate of drug-likeness (QED) is 0.659. The van der Waals surface area contributed by atoms with Gasteiger partial charge in [0.05, 0.1) is 16.7 Å². The number of halogens is 2. The number of rotatable bonds is 7. The number of benzene rings is 1. The fraction of sp³-hybridized carbons (Fsp3) is 0.455. The molecule has 0 radical (unpaired) electrons. The van der Waals surface area contributed by atoms with Gasteiger partial charge in [0.25, 0.3) is 0 Å². The molecule has 0 fully saturated rings. The minimum Gasteiger partial charge on any atom is -0.488 e. The van der Waals surface area contributed by atoms with Gasteiger partial charge in [-0.2, -0.15) is 0 Å². The Bertz CT molecular complexity index is 329. The van der Waals surface area contributed by atoms with Crippen molar-refractivity contribution < 1.29 is 14.9 Å². The molecule has 0 amide bonds. The van der Waals surface area contributed by atoms with Gasteiger partial charge in [-0.05, 0) is 12.1 Å². The molecule has 3 N–H and O–H groups in total. The summed E-state index contributed by atoms with van der Waals surface area (Å²) >= 11 is 11.8. The van der Waals surface area contributed by atoms with Gasteiger partial charge in [0.1, 0.15) is 12.7 Å². The van der Waals surface area contributed by atoms with Gasteiger partial charge in [-0.3, -0.25) is 0 Å². The van der Waals surface area contributed by atoms with Gasteiger partial charge in [-0.15, -0.1) is 0 Å². The molecule has 6 heteroatoms. The zero-order chi connectivity index (χ0) is 12.7. The molecular weight excluding hydrogens is 265 g/mol. The fourth-order valence-corrected chi connectivity index (χ4v) is 1.71. The Morgan fingerprint density at radius 3 is 2.53 bits per heavy atom. The molecule has 0 aromatic heterocycles. The molecule has 0 heterocycles. The maximum absolute atomic E-state index is 9.56. The molecule has 0 aliphatic heterocycles. The van der Waals surface area contributed by atoms with E-state index in [4.69, 9.17) is 33.0 Å². The minimum atomic E-state index is -0.686. The van der Waals surface area contributed by atoms with Gasteiger partial charge >= 0.3 is 0 Å². The van der Waals surface area contributed by atoms with Gasteiger partial charge in [-0.25, -0.2) is 0 Å². The lowest BCUT2D eigenvalue weighted by Gasteiger charge is -2.14.